The Morgan fingerprint density at radius 1 is 1.23 bits per heavy atom. The number of nitrogens with zero attached hydrogens (tertiary/aromatic N) is 4. The van der Waals surface area contributed by atoms with Crippen LogP contribution in [0.5, 0.6) is 0 Å². The summed E-state index contributed by atoms with van der Waals surface area (Å²) in [4.78, 5) is 0. The lowest BCUT2D eigenvalue weighted by Gasteiger charge is -2.24. The smallest absolute Gasteiger partial charge is 0.218 e. The van der Waals surface area contributed by atoms with Gasteiger partial charge in [0.2, 0.25) is 10.0 Å². The van der Waals surface area contributed by atoms with Gasteiger partial charge in [-0.05, 0) is 25.3 Å². The highest BCUT2D eigenvalue weighted by Crippen LogP contribution is 2.35. The van der Waals surface area contributed by atoms with Crippen molar-refractivity contribution < 1.29 is 8.42 Å². The zero-order valence-corrected chi connectivity index (χ0v) is 15.9. The normalized spacial score (nSPS) is 21.5. The van der Waals surface area contributed by atoms with Crippen molar-refractivity contribution >= 4 is 10.0 Å². The quantitative estimate of drug-likeness (QED) is 0.874. The second kappa shape index (κ2) is 7.09. The summed E-state index contributed by atoms with van der Waals surface area (Å²) in [5.74, 6) is 1.79. The predicted molar refractivity (Wildman–Crippen MR) is 99.1 cm³/mol. The Hall–Kier alpha value is -1.77. The summed E-state index contributed by atoms with van der Waals surface area (Å²) in [5.41, 5.74) is 1.91. The first kappa shape index (κ1) is 17.6. The maximum absolute atomic E-state index is 13.1. The second-order valence-corrected chi connectivity index (χ2v) is 9.06. The molecule has 2 aliphatic rings. The van der Waals surface area contributed by atoms with Gasteiger partial charge in [-0.25, -0.2) is 8.42 Å². The molecule has 1 atom stereocenters. The summed E-state index contributed by atoms with van der Waals surface area (Å²) in [6.07, 6.45) is 2.49. The minimum Gasteiger partial charge on any atom is -0.315 e. The first-order valence-corrected chi connectivity index (χ1v) is 10.8. The van der Waals surface area contributed by atoms with E-state index >= 15 is 0 Å². The van der Waals surface area contributed by atoms with Gasteiger partial charge in [0.15, 0.2) is 5.82 Å². The van der Waals surface area contributed by atoms with Crippen LogP contribution in [0.1, 0.15) is 41.7 Å². The van der Waals surface area contributed by atoms with E-state index < -0.39 is 10.0 Å². The molecule has 0 unspecified atom stereocenters. The molecule has 4 rings (SSSR count). The van der Waals surface area contributed by atoms with Gasteiger partial charge < -0.3 is 9.88 Å². The van der Waals surface area contributed by atoms with Gasteiger partial charge in [-0.15, -0.1) is 10.2 Å². The molecule has 0 spiro atoms. The van der Waals surface area contributed by atoms with Gasteiger partial charge in [-0.3, -0.25) is 0 Å². The molecular weight excluding hydrogens is 350 g/mol. The van der Waals surface area contributed by atoms with Crippen molar-refractivity contribution in [3.05, 3.63) is 47.0 Å². The van der Waals surface area contributed by atoms with E-state index in [1.165, 1.54) is 0 Å². The number of hydrogen-bond acceptors (Lipinski definition) is 5. The topological polar surface area (TPSA) is 80.1 Å². The van der Waals surface area contributed by atoms with Crippen LogP contribution in [0.4, 0.5) is 0 Å². The van der Waals surface area contributed by atoms with Crippen LogP contribution in [0.2, 0.25) is 0 Å². The van der Waals surface area contributed by atoms with E-state index in [0.717, 1.165) is 61.7 Å². The van der Waals surface area contributed by atoms with Crippen molar-refractivity contribution in [2.75, 3.05) is 19.6 Å². The van der Waals surface area contributed by atoms with Crippen LogP contribution in [-0.4, -0.2) is 47.1 Å². The van der Waals surface area contributed by atoms with Crippen LogP contribution in [-0.2, 0) is 28.7 Å². The van der Waals surface area contributed by atoms with Gasteiger partial charge in [0.25, 0.3) is 0 Å². The van der Waals surface area contributed by atoms with E-state index in [1.54, 1.807) is 4.31 Å². The Balaban J connectivity index is 1.61. The number of benzene rings is 1. The fourth-order valence-corrected chi connectivity index (χ4v) is 5.73. The number of sulfonamides is 1. The Bertz CT molecular complexity index is 893. The summed E-state index contributed by atoms with van der Waals surface area (Å²) in [6, 6.07) is 7.51. The summed E-state index contributed by atoms with van der Waals surface area (Å²) < 4.78 is 30.0. The first-order valence-electron chi connectivity index (χ1n) is 9.22. The molecule has 1 aromatic heterocycles. The highest BCUT2D eigenvalue weighted by Gasteiger charge is 2.38. The molecule has 0 amide bonds. The Kier molecular flexibility index (Phi) is 4.81. The predicted octanol–water partition coefficient (Wildman–Crippen LogP) is 1.40. The van der Waals surface area contributed by atoms with Crippen molar-refractivity contribution in [2.45, 2.75) is 44.5 Å². The molecule has 26 heavy (non-hydrogen) atoms. The molecule has 3 heterocycles. The number of fused-ring (bicyclic) bond motifs is 1. The second-order valence-electron chi connectivity index (χ2n) is 7.14. The first-order chi connectivity index (χ1) is 12.5. The van der Waals surface area contributed by atoms with Gasteiger partial charge in [0.05, 0.1) is 11.8 Å². The van der Waals surface area contributed by atoms with E-state index in [1.807, 2.05) is 31.2 Å². The fraction of sp³-hybridized carbons (Fsp3) is 0.556. The average Bonchev–Trinajstić information content (AvgIpc) is 3.16. The third kappa shape index (κ3) is 3.41. The number of nitrogens with one attached hydrogen (secondary N) is 1. The summed E-state index contributed by atoms with van der Waals surface area (Å²) in [5, 5.41) is 12.1. The van der Waals surface area contributed by atoms with E-state index in [0.29, 0.717) is 6.54 Å². The largest absolute Gasteiger partial charge is 0.315 e. The molecule has 0 aliphatic carbocycles. The molecule has 7 nitrogen and oxygen atoms in total. The molecular formula is C18H25N5O2S. The monoisotopic (exact) mass is 375 g/mol. The highest BCUT2D eigenvalue weighted by molar-refractivity contribution is 7.88. The maximum atomic E-state index is 13.1. The Morgan fingerprint density at radius 2 is 2.12 bits per heavy atom. The standard InChI is InChI=1S/C18H25N5O2S/c1-14-4-2-5-15(12-14)13-26(24,25)23-10-3-6-16(23)18-21-20-17-7-8-19-9-11-22(17)18/h2,4-5,12,16,19H,3,6-11,13H2,1H3/t16-/m1/s1. The number of aromatic nitrogens is 3. The van der Waals surface area contributed by atoms with Gasteiger partial charge in [0.1, 0.15) is 5.82 Å². The zero-order valence-electron chi connectivity index (χ0n) is 15.1. The van der Waals surface area contributed by atoms with Crippen molar-refractivity contribution in [3.8, 4) is 0 Å². The molecule has 1 fully saturated rings. The third-order valence-electron chi connectivity index (χ3n) is 5.18. The van der Waals surface area contributed by atoms with Crippen LogP contribution < -0.4 is 5.32 Å². The third-order valence-corrected chi connectivity index (χ3v) is 7.03. The summed E-state index contributed by atoms with van der Waals surface area (Å²) >= 11 is 0. The van der Waals surface area contributed by atoms with Crippen molar-refractivity contribution in [1.29, 1.82) is 0 Å². The maximum Gasteiger partial charge on any atom is 0.218 e. The highest BCUT2D eigenvalue weighted by atomic mass is 32.2. The Labute approximate surface area is 154 Å². The van der Waals surface area contributed by atoms with Crippen LogP contribution >= 0.6 is 0 Å². The molecule has 1 N–H and O–H groups in total. The van der Waals surface area contributed by atoms with Crippen LogP contribution in [0.3, 0.4) is 0 Å². The minimum absolute atomic E-state index is 0.0354. The molecule has 8 heteroatoms. The van der Waals surface area contributed by atoms with E-state index in [-0.39, 0.29) is 11.8 Å². The zero-order chi connectivity index (χ0) is 18.1. The number of hydrogen-bond donors (Lipinski definition) is 1. The molecule has 140 valence electrons. The van der Waals surface area contributed by atoms with Gasteiger partial charge in [-0.1, -0.05) is 29.8 Å². The van der Waals surface area contributed by atoms with Crippen molar-refractivity contribution in [3.63, 3.8) is 0 Å². The number of rotatable bonds is 4. The van der Waals surface area contributed by atoms with Crippen LogP contribution in [0, 0.1) is 6.92 Å². The van der Waals surface area contributed by atoms with E-state index in [9.17, 15) is 8.42 Å². The summed E-state index contributed by atoms with van der Waals surface area (Å²) in [6.45, 7) is 5.08. The molecule has 2 aromatic rings. The molecule has 2 aliphatic heterocycles. The fourth-order valence-electron chi connectivity index (χ4n) is 3.97. The van der Waals surface area contributed by atoms with Crippen molar-refractivity contribution in [1.82, 2.24) is 24.4 Å². The minimum atomic E-state index is -3.40. The van der Waals surface area contributed by atoms with Gasteiger partial charge in [0, 0.05) is 32.6 Å². The van der Waals surface area contributed by atoms with Crippen LogP contribution in [0.25, 0.3) is 0 Å². The lowest BCUT2D eigenvalue weighted by molar-refractivity contribution is 0.371. The molecule has 1 saturated heterocycles. The van der Waals surface area contributed by atoms with Gasteiger partial charge in [-0.2, -0.15) is 4.31 Å². The van der Waals surface area contributed by atoms with Crippen LogP contribution in [0.15, 0.2) is 24.3 Å². The lowest BCUT2D eigenvalue weighted by atomic mass is 10.2. The van der Waals surface area contributed by atoms with Crippen molar-refractivity contribution in [2.24, 2.45) is 0 Å². The molecule has 0 saturated carbocycles. The summed E-state index contributed by atoms with van der Waals surface area (Å²) in [7, 11) is -3.40. The lowest BCUT2D eigenvalue weighted by Crippen LogP contribution is -2.33. The average molecular weight is 375 g/mol. The number of aryl methyl sites for hydroxylation is 1. The van der Waals surface area contributed by atoms with E-state index in [2.05, 4.69) is 20.1 Å². The van der Waals surface area contributed by atoms with E-state index in [4.69, 9.17) is 0 Å². The molecule has 0 radical (unpaired) electrons. The molecule has 1 aromatic carbocycles. The van der Waals surface area contributed by atoms with Gasteiger partial charge >= 0.3 is 0 Å². The SMILES string of the molecule is Cc1cccc(CS(=O)(=O)N2CCC[C@@H]2c2nnc3n2CCNCC3)c1. The Morgan fingerprint density at radius 3 is 2.96 bits per heavy atom. The molecule has 0 bridgehead atoms.